The third-order valence-electron chi connectivity index (χ3n) is 4.66. The lowest BCUT2D eigenvalue weighted by molar-refractivity contribution is -0.129. The van der Waals surface area contributed by atoms with Crippen molar-refractivity contribution in [3.05, 3.63) is 35.1 Å². The Morgan fingerprint density at radius 2 is 1.96 bits per heavy atom. The van der Waals surface area contributed by atoms with Gasteiger partial charge in [-0.2, -0.15) is 0 Å². The van der Waals surface area contributed by atoms with E-state index in [-0.39, 0.29) is 48.7 Å². The Balaban J connectivity index is 1.39. The van der Waals surface area contributed by atoms with Crippen molar-refractivity contribution in [3.8, 4) is 0 Å². The van der Waals surface area contributed by atoms with Gasteiger partial charge in [-0.25, -0.2) is 4.39 Å². The van der Waals surface area contributed by atoms with Gasteiger partial charge in [0.05, 0.1) is 5.92 Å². The van der Waals surface area contributed by atoms with E-state index in [9.17, 15) is 18.8 Å². The molecule has 1 saturated carbocycles. The zero-order valence-electron chi connectivity index (χ0n) is 14.2. The van der Waals surface area contributed by atoms with E-state index in [1.165, 1.54) is 6.07 Å². The van der Waals surface area contributed by atoms with E-state index >= 15 is 0 Å². The number of benzene rings is 1. The van der Waals surface area contributed by atoms with Crippen LogP contribution in [-0.4, -0.2) is 48.3 Å². The van der Waals surface area contributed by atoms with E-state index in [0.29, 0.717) is 18.2 Å². The number of rotatable bonds is 6. The number of aryl methyl sites for hydroxylation is 1. The Morgan fingerprint density at radius 3 is 2.64 bits per heavy atom. The lowest BCUT2D eigenvalue weighted by atomic mass is 10.1. The van der Waals surface area contributed by atoms with Gasteiger partial charge in [0.2, 0.25) is 11.8 Å². The third-order valence-corrected chi connectivity index (χ3v) is 4.66. The van der Waals surface area contributed by atoms with Gasteiger partial charge < -0.3 is 15.5 Å². The Bertz CT molecular complexity index is 703. The van der Waals surface area contributed by atoms with Crippen molar-refractivity contribution in [3.63, 3.8) is 0 Å². The molecule has 2 N–H and O–H groups in total. The monoisotopic (exact) mass is 347 g/mol. The lowest BCUT2D eigenvalue weighted by Gasteiger charge is -2.15. The number of amides is 3. The molecule has 25 heavy (non-hydrogen) atoms. The predicted molar refractivity (Wildman–Crippen MR) is 89.3 cm³/mol. The highest BCUT2D eigenvalue weighted by Crippen LogP contribution is 2.32. The van der Waals surface area contributed by atoms with Gasteiger partial charge in [-0.15, -0.1) is 0 Å². The number of nitrogens with one attached hydrogen (secondary N) is 2. The van der Waals surface area contributed by atoms with Gasteiger partial charge in [0.1, 0.15) is 5.82 Å². The molecule has 0 aromatic heterocycles. The fraction of sp³-hybridized carbons (Fsp3) is 0.500. The molecule has 0 unspecified atom stereocenters. The standard InChI is InChI=1S/C18H22FN3O3/c1-11-2-3-12(8-15(11)19)17(24)20-6-7-21-18(25)13-9-16(23)22(10-13)14-4-5-14/h2-3,8,13-14H,4-7,9-10H2,1H3,(H,20,24)(H,21,25)/t13-/m0/s1. The molecule has 1 aliphatic carbocycles. The number of hydrogen-bond donors (Lipinski definition) is 2. The summed E-state index contributed by atoms with van der Waals surface area (Å²) in [4.78, 5) is 37.7. The maximum atomic E-state index is 13.5. The molecule has 2 fully saturated rings. The molecule has 1 aliphatic heterocycles. The van der Waals surface area contributed by atoms with E-state index in [0.717, 1.165) is 12.8 Å². The van der Waals surface area contributed by atoms with Gasteiger partial charge >= 0.3 is 0 Å². The fourth-order valence-electron chi connectivity index (χ4n) is 2.99. The van der Waals surface area contributed by atoms with Crippen LogP contribution in [0.15, 0.2) is 18.2 Å². The molecule has 2 aliphatic rings. The quantitative estimate of drug-likeness (QED) is 0.754. The predicted octanol–water partition coefficient (Wildman–Crippen LogP) is 0.991. The summed E-state index contributed by atoms with van der Waals surface area (Å²) < 4.78 is 13.5. The molecule has 0 radical (unpaired) electrons. The molecule has 3 amide bonds. The van der Waals surface area contributed by atoms with Crippen molar-refractivity contribution in [1.29, 1.82) is 0 Å². The van der Waals surface area contributed by atoms with E-state index in [1.54, 1.807) is 24.0 Å². The number of nitrogens with zero attached hydrogens (tertiary/aromatic N) is 1. The molecule has 0 spiro atoms. The van der Waals surface area contributed by atoms with Crippen molar-refractivity contribution < 1.29 is 18.8 Å². The van der Waals surface area contributed by atoms with Crippen LogP contribution in [0.4, 0.5) is 4.39 Å². The van der Waals surface area contributed by atoms with Crippen molar-refractivity contribution in [2.75, 3.05) is 19.6 Å². The first kappa shape index (κ1) is 17.4. The number of carbonyl (C=O) groups excluding carboxylic acids is 3. The second-order valence-corrected chi connectivity index (χ2v) is 6.69. The molecule has 0 bridgehead atoms. The second kappa shape index (κ2) is 7.21. The van der Waals surface area contributed by atoms with Crippen LogP contribution in [-0.2, 0) is 9.59 Å². The van der Waals surface area contributed by atoms with Crippen molar-refractivity contribution in [2.24, 2.45) is 5.92 Å². The van der Waals surface area contributed by atoms with Crippen LogP contribution in [0.3, 0.4) is 0 Å². The average Bonchev–Trinajstić information content (AvgIpc) is 3.35. The summed E-state index contributed by atoms with van der Waals surface area (Å²) in [5, 5.41) is 5.39. The first-order valence-corrected chi connectivity index (χ1v) is 8.57. The summed E-state index contributed by atoms with van der Waals surface area (Å²) in [5.41, 5.74) is 0.728. The van der Waals surface area contributed by atoms with Crippen LogP contribution in [0.25, 0.3) is 0 Å². The number of halogens is 1. The molecular formula is C18H22FN3O3. The smallest absolute Gasteiger partial charge is 0.251 e. The van der Waals surface area contributed by atoms with Crippen molar-refractivity contribution >= 4 is 17.7 Å². The third kappa shape index (κ3) is 4.15. The highest BCUT2D eigenvalue weighted by atomic mass is 19.1. The number of likely N-dealkylation sites (tertiary alicyclic amines) is 1. The molecule has 1 atom stereocenters. The zero-order chi connectivity index (χ0) is 18.0. The summed E-state index contributed by atoms with van der Waals surface area (Å²) in [6, 6.07) is 4.64. The molecule has 1 aromatic rings. The minimum atomic E-state index is -0.424. The van der Waals surface area contributed by atoms with Crippen LogP contribution in [0.2, 0.25) is 0 Å². The molecular weight excluding hydrogens is 325 g/mol. The van der Waals surface area contributed by atoms with Crippen LogP contribution in [0.1, 0.15) is 35.2 Å². The summed E-state index contributed by atoms with van der Waals surface area (Å²) in [6.07, 6.45) is 2.33. The number of carbonyl (C=O) groups is 3. The normalized spacial score (nSPS) is 19.8. The summed E-state index contributed by atoms with van der Waals surface area (Å²) >= 11 is 0. The Labute approximate surface area is 145 Å². The maximum absolute atomic E-state index is 13.5. The summed E-state index contributed by atoms with van der Waals surface area (Å²) in [6.45, 7) is 2.63. The summed E-state index contributed by atoms with van der Waals surface area (Å²) in [7, 11) is 0. The van der Waals surface area contributed by atoms with Gasteiger partial charge in [-0.3, -0.25) is 14.4 Å². The van der Waals surface area contributed by atoms with Gasteiger partial charge in [-0.1, -0.05) is 6.07 Å². The molecule has 7 heteroatoms. The van der Waals surface area contributed by atoms with Crippen molar-refractivity contribution in [2.45, 2.75) is 32.2 Å². The molecule has 1 aromatic carbocycles. The van der Waals surface area contributed by atoms with Gasteiger partial charge in [-0.05, 0) is 37.5 Å². The van der Waals surface area contributed by atoms with Gasteiger partial charge in [0, 0.05) is 37.7 Å². The first-order chi connectivity index (χ1) is 12.0. The second-order valence-electron chi connectivity index (χ2n) is 6.69. The lowest BCUT2D eigenvalue weighted by Crippen LogP contribution is -2.38. The Morgan fingerprint density at radius 1 is 1.24 bits per heavy atom. The van der Waals surface area contributed by atoms with Crippen LogP contribution >= 0.6 is 0 Å². The zero-order valence-corrected chi connectivity index (χ0v) is 14.2. The van der Waals surface area contributed by atoms with E-state index in [1.807, 2.05) is 0 Å². The largest absolute Gasteiger partial charge is 0.354 e. The van der Waals surface area contributed by atoms with Crippen LogP contribution in [0, 0.1) is 18.7 Å². The minimum Gasteiger partial charge on any atom is -0.354 e. The highest BCUT2D eigenvalue weighted by Gasteiger charge is 2.41. The Kier molecular flexibility index (Phi) is 5.01. The van der Waals surface area contributed by atoms with Crippen molar-refractivity contribution in [1.82, 2.24) is 15.5 Å². The highest BCUT2D eigenvalue weighted by molar-refractivity contribution is 5.94. The molecule has 3 rings (SSSR count). The molecule has 1 heterocycles. The first-order valence-electron chi connectivity index (χ1n) is 8.57. The van der Waals surface area contributed by atoms with E-state index < -0.39 is 5.82 Å². The summed E-state index contributed by atoms with van der Waals surface area (Å²) in [5.74, 6) is -1.23. The SMILES string of the molecule is Cc1ccc(C(=O)NCCNC(=O)[C@H]2CC(=O)N(C3CC3)C2)cc1F. The number of hydrogen-bond acceptors (Lipinski definition) is 3. The molecule has 1 saturated heterocycles. The van der Waals surface area contributed by atoms with E-state index in [4.69, 9.17) is 0 Å². The van der Waals surface area contributed by atoms with Crippen LogP contribution < -0.4 is 10.6 Å². The van der Waals surface area contributed by atoms with E-state index in [2.05, 4.69) is 10.6 Å². The Hall–Kier alpha value is -2.44. The fourth-order valence-corrected chi connectivity index (χ4v) is 2.99. The topological polar surface area (TPSA) is 78.5 Å². The molecule has 134 valence electrons. The van der Waals surface area contributed by atoms with Gasteiger partial charge in [0.15, 0.2) is 0 Å². The van der Waals surface area contributed by atoms with Crippen LogP contribution in [0.5, 0.6) is 0 Å². The minimum absolute atomic E-state index is 0.0531. The molecule has 6 nitrogen and oxygen atoms in total. The maximum Gasteiger partial charge on any atom is 0.251 e. The average molecular weight is 347 g/mol. The van der Waals surface area contributed by atoms with Gasteiger partial charge in [0.25, 0.3) is 5.91 Å².